The van der Waals surface area contributed by atoms with E-state index < -0.39 is 17.6 Å². The topological polar surface area (TPSA) is 71.1 Å². The Balaban J connectivity index is 1.58. The van der Waals surface area contributed by atoms with E-state index >= 15 is 0 Å². The Morgan fingerprint density at radius 3 is 2.29 bits per heavy atom. The molecule has 0 spiro atoms. The number of hydrogen-bond donors (Lipinski definition) is 2. The van der Waals surface area contributed by atoms with E-state index in [2.05, 4.69) is 15.6 Å². The number of nitrogens with zero attached hydrogens (tertiary/aromatic N) is 1. The summed E-state index contributed by atoms with van der Waals surface area (Å²) >= 11 is 1.08. The summed E-state index contributed by atoms with van der Waals surface area (Å²) in [5.41, 5.74) is 0.306. The number of aromatic nitrogens is 1. The summed E-state index contributed by atoms with van der Waals surface area (Å²) < 4.78 is 37.7. The molecule has 0 radical (unpaired) electrons. The van der Waals surface area contributed by atoms with Crippen molar-refractivity contribution < 1.29 is 22.8 Å². The zero-order valence-electron chi connectivity index (χ0n) is 14.3. The van der Waals surface area contributed by atoms with Crippen LogP contribution in [0.2, 0.25) is 0 Å². The normalized spacial score (nSPS) is 11.1. The van der Waals surface area contributed by atoms with E-state index in [-0.39, 0.29) is 28.8 Å². The van der Waals surface area contributed by atoms with Crippen molar-refractivity contribution >= 4 is 34.0 Å². The van der Waals surface area contributed by atoms with Gasteiger partial charge in [0.25, 0.3) is 5.91 Å². The number of rotatable bonds is 5. The van der Waals surface area contributed by atoms with Crippen LogP contribution in [0.25, 0.3) is 0 Å². The second kappa shape index (κ2) is 8.22. The smallest absolute Gasteiger partial charge is 0.321 e. The van der Waals surface area contributed by atoms with Gasteiger partial charge < -0.3 is 10.6 Å². The van der Waals surface area contributed by atoms with E-state index in [0.29, 0.717) is 0 Å². The van der Waals surface area contributed by atoms with Gasteiger partial charge in [-0.1, -0.05) is 30.3 Å². The summed E-state index contributed by atoms with van der Waals surface area (Å²) in [5.74, 6) is -0.852. The van der Waals surface area contributed by atoms with Crippen molar-refractivity contribution in [3.05, 3.63) is 76.8 Å². The third-order valence-corrected chi connectivity index (χ3v) is 4.42. The van der Waals surface area contributed by atoms with Gasteiger partial charge in [0.2, 0.25) is 5.91 Å². The van der Waals surface area contributed by atoms with Gasteiger partial charge in [-0.3, -0.25) is 9.59 Å². The number of hydrogen-bond acceptors (Lipinski definition) is 4. The summed E-state index contributed by atoms with van der Waals surface area (Å²) in [4.78, 5) is 28.3. The highest BCUT2D eigenvalue weighted by Crippen LogP contribution is 2.30. The summed E-state index contributed by atoms with van der Waals surface area (Å²) in [7, 11) is 0. The zero-order chi connectivity index (χ0) is 20.1. The Morgan fingerprint density at radius 2 is 1.64 bits per heavy atom. The van der Waals surface area contributed by atoms with E-state index in [1.807, 2.05) is 30.3 Å². The summed E-state index contributed by atoms with van der Waals surface area (Å²) in [6.07, 6.45) is -4.27. The van der Waals surface area contributed by atoms with Gasteiger partial charge in [0, 0.05) is 11.1 Å². The van der Waals surface area contributed by atoms with Crippen LogP contribution in [0.15, 0.2) is 60.0 Å². The molecule has 0 saturated carbocycles. The molecular weight excluding hydrogens is 391 g/mol. The molecular formula is C19H14F3N3O2S. The van der Waals surface area contributed by atoms with Crippen molar-refractivity contribution in [3.8, 4) is 0 Å². The van der Waals surface area contributed by atoms with E-state index in [4.69, 9.17) is 0 Å². The first-order valence-electron chi connectivity index (χ1n) is 8.09. The van der Waals surface area contributed by atoms with Crippen LogP contribution in [-0.4, -0.2) is 16.8 Å². The molecule has 5 nitrogen and oxygen atoms in total. The van der Waals surface area contributed by atoms with Crippen LogP contribution in [0.4, 0.5) is 24.0 Å². The van der Waals surface area contributed by atoms with Crippen molar-refractivity contribution in [3.63, 3.8) is 0 Å². The van der Waals surface area contributed by atoms with Gasteiger partial charge in [-0.15, -0.1) is 11.3 Å². The number of carbonyl (C=O) groups excluding carboxylic acids is 2. The van der Waals surface area contributed by atoms with Crippen LogP contribution in [0.5, 0.6) is 0 Å². The third kappa shape index (κ3) is 5.17. The van der Waals surface area contributed by atoms with Crippen LogP contribution in [0.1, 0.15) is 21.6 Å². The maximum absolute atomic E-state index is 12.6. The van der Waals surface area contributed by atoms with Gasteiger partial charge in [-0.2, -0.15) is 13.2 Å². The van der Waals surface area contributed by atoms with Crippen LogP contribution < -0.4 is 10.6 Å². The van der Waals surface area contributed by atoms with Gasteiger partial charge in [-0.05, 0) is 29.8 Å². The lowest BCUT2D eigenvalue weighted by atomic mass is 10.1. The first-order chi connectivity index (χ1) is 13.3. The van der Waals surface area contributed by atoms with Gasteiger partial charge in [0.1, 0.15) is 5.69 Å². The summed E-state index contributed by atoms with van der Waals surface area (Å²) in [6.45, 7) is 0. The van der Waals surface area contributed by atoms with E-state index in [0.717, 1.165) is 41.2 Å². The predicted octanol–water partition coefficient (Wildman–Crippen LogP) is 4.60. The Bertz CT molecular complexity index is 970. The molecule has 0 aliphatic carbocycles. The standard InChI is InChI=1S/C19H14F3N3O2S/c20-19(21,22)13-6-8-14(9-7-13)23-17(27)15-11-28-18(24-15)25-16(26)10-12-4-2-1-3-5-12/h1-9,11H,10H2,(H,23,27)(H,24,25,26). The number of carbonyl (C=O) groups is 2. The lowest BCUT2D eigenvalue weighted by molar-refractivity contribution is -0.137. The molecule has 9 heteroatoms. The number of halogens is 3. The number of nitrogens with one attached hydrogen (secondary N) is 2. The molecule has 2 N–H and O–H groups in total. The number of anilines is 2. The first kappa shape index (κ1) is 19.6. The maximum Gasteiger partial charge on any atom is 0.416 e. The molecule has 0 fully saturated rings. The third-order valence-electron chi connectivity index (χ3n) is 3.66. The second-order valence-corrected chi connectivity index (χ2v) is 6.64. The molecule has 0 bridgehead atoms. The van der Waals surface area contributed by atoms with Crippen LogP contribution in [-0.2, 0) is 17.4 Å². The van der Waals surface area contributed by atoms with Crippen LogP contribution >= 0.6 is 11.3 Å². The van der Waals surface area contributed by atoms with E-state index in [9.17, 15) is 22.8 Å². The van der Waals surface area contributed by atoms with Crippen molar-refractivity contribution in [2.75, 3.05) is 10.6 Å². The maximum atomic E-state index is 12.6. The Morgan fingerprint density at radius 1 is 0.964 bits per heavy atom. The van der Waals surface area contributed by atoms with E-state index in [1.54, 1.807) is 0 Å². The van der Waals surface area contributed by atoms with Crippen molar-refractivity contribution in [2.24, 2.45) is 0 Å². The van der Waals surface area contributed by atoms with Gasteiger partial charge >= 0.3 is 6.18 Å². The van der Waals surface area contributed by atoms with Crippen LogP contribution in [0.3, 0.4) is 0 Å². The number of alkyl halides is 3. The minimum Gasteiger partial charge on any atom is -0.321 e. The Hall–Kier alpha value is -3.20. The molecule has 144 valence electrons. The monoisotopic (exact) mass is 405 g/mol. The lowest BCUT2D eigenvalue weighted by Crippen LogP contribution is -2.15. The fourth-order valence-corrected chi connectivity index (χ4v) is 3.02. The molecule has 2 aromatic carbocycles. The lowest BCUT2D eigenvalue weighted by Gasteiger charge is -2.08. The average molecular weight is 405 g/mol. The molecule has 0 saturated heterocycles. The minimum absolute atomic E-state index is 0.0555. The highest BCUT2D eigenvalue weighted by atomic mass is 32.1. The molecule has 3 aromatic rings. The Labute approximate surface area is 162 Å². The number of benzene rings is 2. The SMILES string of the molecule is O=C(Cc1ccccc1)Nc1nc(C(=O)Nc2ccc(C(F)(F)F)cc2)cs1. The van der Waals surface area contributed by atoms with Crippen molar-refractivity contribution in [1.29, 1.82) is 0 Å². The fourth-order valence-electron chi connectivity index (χ4n) is 2.32. The molecule has 0 aliphatic heterocycles. The van der Waals surface area contributed by atoms with Gasteiger partial charge in [0.05, 0.1) is 12.0 Å². The molecule has 0 unspecified atom stereocenters. The average Bonchev–Trinajstić information content (AvgIpc) is 3.10. The molecule has 1 heterocycles. The number of thiazole rings is 1. The Kier molecular flexibility index (Phi) is 5.74. The molecule has 0 atom stereocenters. The summed E-state index contributed by atoms with van der Waals surface area (Å²) in [5, 5.41) is 6.80. The fraction of sp³-hybridized carbons (Fsp3) is 0.105. The highest BCUT2D eigenvalue weighted by molar-refractivity contribution is 7.14. The highest BCUT2D eigenvalue weighted by Gasteiger charge is 2.30. The van der Waals surface area contributed by atoms with Crippen molar-refractivity contribution in [1.82, 2.24) is 4.98 Å². The molecule has 2 amide bonds. The van der Waals surface area contributed by atoms with Crippen molar-refractivity contribution in [2.45, 2.75) is 12.6 Å². The first-order valence-corrected chi connectivity index (χ1v) is 8.97. The largest absolute Gasteiger partial charge is 0.416 e. The van der Waals surface area contributed by atoms with Crippen LogP contribution in [0, 0.1) is 0 Å². The molecule has 0 aliphatic rings. The molecule has 1 aromatic heterocycles. The molecule has 3 rings (SSSR count). The zero-order valence-corrected chi connectivity index (χ0v) is 15.1. The minimum atomic E-state index is -4.44. The van der Waals surface area contributed by atoms with Gasteiger partial charge in [0.15, 0.2) is 5.13 Å². The van der Waals surface area contributed by atoms with E-state index in [1.165, 1.54) is 5.38 Å². The second-order valence-electron chi connectivity index (χ2n) is 5.78. The quantitative estimate of drug-likeness (QED) is 0.652. The molecule has 28 heavy (non-hydrogen) atoms. The van der Waals surface area contributed by atoms with Gasteiger partial charge in [-0.25, -0.2) is 4.98 Å². The predicted molar refractivity (Wildman–Crippen MR) is 100 cm³/mol. The summed E-state index contributed by atoms with van der Waals surface area (Å²) in [6, 6.07) is 13.2. The number of amides is 2.